The van der Waals surface area contributed by atoms with Gasteiger partial charge in [0.05, 0.1) is 35.9 Å². The van der Waals surface area contributed by atoms with E-state index in [4.69, 9.17) is 4.42 Å². The molecule has 2 heterocycles. The number of aromatic nitrogens is 2. The first kappa shape index (κ1) is 15.1. The van der Waals surface area contributed by atoms with E-state index in [0.717, 1.165) is 30.0 Å². The molecule has 0 saturated carbocycles. The van der Waals surface area contributed by atoms with Gasteiger partial charge in [-0.15, -0.1) is 0 Å². The number of carbonyl (C=O) groups is 1. The molecule has 0 aliphatic carbocycles. The first-order chi connectivity index (χ1) is 11.3. The number of hydrogen-bond acceptors (Lipinski definition) is 3. The molecule has 3 aromatic rings. The van der Waals surface area contributed by atoms with Gasteiger partial charge in [-0.05, 0) is 30.7 Å². The van der Waals surface area contributed by atoms with Gasteiger partial charge in [0.1, 0.15) is 5.76 Å². The van der Waals surface area contributed by atoms with Crippen LogP contribution in [-0.4, -0.2) is 15.7 Å². The molecule has 2 aromatic heterocycles. The van der Waals surface area contributed by atoms with E-state index < -0.39 is 0 Å². The number of rotatable bonds is 6. The van der Waals surface area contributed by atoms with Crippen LogP contribution in [0.3, 0.4) is 0 Å². The van der Waals surface area contributed by atoms with E-state index in [-0.39, 0.29) is 5.91 Å². The Labute approximate surface area is 134 Å². The molecule has 0 atom stereocenters. The third-order valence-corrected chi connectivity index (χ3v) is 3.60. The van der Waals surface area contributed by atoms with Crippen molar-refractivity contribution in [2.45, 2.75) is 26.3 Å². The summed E-state index contributed by atoms with van der Waals surface area (Å²) >= 11 is 0. The van der Waals surface area contributed by atoms with Crippen LogP contribution in [0.2, 0.25) is 0 Å². The molecule has 0 saturated heterocycles. The zero-order valence-electron chi connectivity index (χ0n) is 13.0. The predicted octanol–water partition coefficient (Wildman–Crippen LogP) is 3.35. The van der Waals surface area contributed by atoms with Crippen molar-refractivity contribution in [1.29, 1.82) is 0 Å². The Bertz CT molecular complexity index is 761. The normalized spacial score (nSPS) is 10.7. The van der Waals surface area contributed by atoms with Crippen molar-refractivity contribution in [2.24, 2.45) is 0 Å². The highest BCUT2D eigenvalue weighted by Crippen LogP contribution is 2.17. The number of hydrogen-bond donors (Lipinski definition) is 1. The molecule has 118 valence electrons. The Kier molecular flexibility index (Phi) is 4.57. The van der Waals surface area contributed by atoms with Crippen LogP contribution in [0.5, 0.6) is 0 Å². The van der Waals surface area contributed by atoms with E-state index in [2.05, 4.69) is 17.3 Å². The van der Waals surface area contributed by atoms with Crippen molar-refractivity contribution in [1.82, 2.24) is 15.1 Å². The second-order valence-corrected chi connectivity index (χ2v) is 5.26. The molecular formula is C18H19N3O2. The van der Waals surface area contributed by atoms with Crippen LogP contribution in [0, 0.1) is 0 Å². The van der Waals surface area contributed by atoms with Gasteiger partial charge in [0, 0.05) is 0 Å². The molecule has 3 rings (SSSR count). The zero-order valence-corrected chi connectivity index (χ0v) is 13.0. The van der Waals surface area contributed by atoms with Crippen LogP contribution in [0.15, 0.2) is 59.3 Å². The third kappa shape index (κ3) is 3.34. The van der Waals surface area contributed by atoms with Crippen molar-refractivity contribution in [3.63, 3.8) is 0 Å². The first-order valence-electron chi connectivity index (χ1n) is 7.72. The van der Waals surface area contributed by atoms with Crippen molar-refractivity contribution < 1.29 is 9.21 Å². The number of nitrogens with zero attached hydrogens (tertiary/aromatic N) is 2. The Morgan fingerprint density at radius 2 is 2.04 bits per heavy atom. The number of carbonyl (C=O) groups excluding carboxylic acids is 1. The lowest BCUT2D eigenvalue weighted by atomic mass is 10.1. The lowest BCUT2D eigenvalue weighted by Crippen LogP contribution is -2.23. The second-order valence-electron chi connectivity index (χ2n) is 5.26. The topological polar surface area (TPSA) is 60.1 Å². The van der Waals surface area contributed by atoms with Gasteiger partial charge in [-0.25, -0.2) is 4.68 Å². The molecule has 0 aliphatic heterocycles. The zero-order chi connectivity index (χ0) is 16.1. The number of furan rings is 1. The quantitative estimate of drug-likeness (QED) is 0.759. The Morgan fingerprint density at radius 3 is 2.74 bits per heavy atom. The molecule has 1 amide bonds. The fraction of sp³-hybridized carbons (Fsp3) is 0.222. The molecule has 5 heteroatoms. The number of amides is 1. The maximum atomic E-state index is 12.5. The van der Waals surface area contributed by atoms with Gasteiger partial charge < -0.3 is 9.73 Å². The standard InChI is InChI=1S/C18H19N3O2/c1-2-7-17-16(18(22)19-12-15-10-6-11-23-15)13-20-21(17)14-8-4-3-5-9-14/h3-6,8-11,13H,2,7,12H2,1H3,(H,19,22). The molecule has 0 aliphatic rings. The van der Waals surface area contributed by atoms with Crippen LogP contribution in [0.4, 0.5) is 0 Å². The van der Waals surface area contributed by atoms with Crippen molar-refractivity contribution in [3.8, 4) is 5.69 Å². The maximum Gasteiger partial charge on any atom is 0.255 e. The Hall–Kier alpha value is -2.82. The average molecular weight is 309 g/mol. The van der Waals surface area contributed by atoms with Crippen molar-refractivity contribution >= 4 is 5.91 Å². The van der Waals surface area contributed by atoms with E-state index in [1.807, 2.05) is 41.1 Å². The lowest BCUT2D eigenvalue weighted by molar-refractivity contribution is 0.0947. The number of benzene rings is 1. The van der Waals surface area contributed by atoms with Crippen molar-refractivity contribution in [3.05, 3.63) is 71.9 Å². The second kappa shape index (κ2) is 6.96. The SMILES string of the molecule is CCCc1c(C(=O)NCc2ccco2)cnn1-c1ccccc1. The number of nitrogens with one attached hydrogen (secondary N) is 1. The minimum atomic E-state index is -0.132. The summed E-state index contributed by atoms with van der Waals surface area (Å²) in [6.45, 7) is 2.46. The predicted molar refractivity (Wildman–Crippen MR) is 87.4 cm³/mol. The highest BCUT2D eigenvalue weighted by atomic mass is 16.3. The van der Waals surface area contributed by atoms with Gasteiger partial charge in [0.15, 0.2) is 0 Å². The average Bonchev–Trinajstić information content (AvgIpc) is 3.23. The molecule has 1 N–H and O–H groups in total. The molecule has 0 radical (unpaired) electrons. The van der Waals surface area contributed by atoms with E-state index in [1.54, 1.807) is 18.5 Å². The minimum Gasteiger partial charge on any atom is -0.467 e. The summed E-state index contributed by atoms with van der Waals surface area (Å²) in [6.07, 6.45) is 4.96. The van der Waals surface area contributed by atoms with Gasteiger partial charge in [-0.3, -0.25) is 4.79 Å². The summed E-state index contributed by atoms with van der Waals surface area (Å²) in [5, 5.41) is 7.28. The van der Waals surface area contributed by atoms with E-state index in [1.165, 1.54) is 0 Å². The minimum absolute atomic E-state index is 0.132. The molecule has 23 heavy (non-hydrogen) atoms. The lowest BCUT2D eigenvalue weighted by Gasteiger charge is -2.09. The largest absolute Gasteiger partial charge is 0.467 e. The summed E-state index contributed by atoms with van der Waals surface area (Å²) in [4.78, 5) is 12.5. The summed E-state index contributed by atoms with van der Waals surface area (Å²) in [5.74, 6) is 0.595. The summed E-state index contributed by atoms with van der Waals surface area (Å²) in [5.41, 5.74) is 2.50. The molecule has 0 fully saturated rings. The summed E-state index contributed by atoms with van der Waals surface area (Å²) in [6, 6.07) is 13.5. The third-order valence-electron chi connectivity index (χ3n) is 3.60. The van der Waals surface area contributed by atoms with Crippen LogP contribution in [0.1, 0.15) is 35.2 Å². The van der Waals surface area contributed by atoms with E-state index in [9.17, 15) is 4.79 Å². The number of para-hydroxylation sites is 1. The Balaban J connectivity index is 1.84. The summed E-state index contributed by atoms with van der Waals surface area (Å²) < 4.78 is 7.08. The Morgan fingerprint density at radius 1 is 1.22 bits per heavy atom. The van der Waals surface area contributed by atoms with Gasteiger partial charge in [0.25, 0.3) is 5.91 Å². The van der Waals surface area contributed by atoms with Crippen LogP contribution in [0.25, 0.3) is 5.69 Å². The van der Waals surface area contributed by atoms with E-state index in [0.29, 0.717) is 12.1 Å². The van der Waals surface area contributed by atoms with Gasteiger partial charge in [-0.2, -0.15) is 5.10 Å². The highest BCUT2D eigenvalue weighted by Gasteiger charge is 2.17. The summed E-state index contributed by atoms with van der Waals surface area (Å²) in [7, 11) is 0. The molecular weight excluding hydrogens is 290 g/mol. The van der Waals surface area contributed by atoms with Gasteiger partial charge in [-0.1, -0.05) is 31.5 Å². The first-order valence-corrected chi connectivity index (χ1v) is 7.72. The molecule has 0 unspecified atom stereocenters. The van der Waals surface area contributed by atoms with Gasteiger partial charge >= 0.3 is 0 Å². The fourth-order valence-corrected chi connectivity index (χ4v) is 2.51. The molecule has 0 bridgehead atoms. The highest BCUT2D eigenvalue weighted by molar-refractivity contribution is 5.95. The van der Waals surface area contributed by atoms with Crippen LogP contribution in [-0.2, 0) is 13.0 Å². The molecule has 1 aromatic carbocycles. The van der Waals surface area contributed by atoms with Crippen LogP contribution < -0.4 is 5.32 Å². The molecule has 5 nitrogen and oxygen atoms in total. The van der Waals surface area contributed by atoms with E-state index >= 15 is 0 Å². The van der Waals surface area contributed by atoms with Crippen molar-refractivity contribution in [2.75, 3.05) is 0 Å². The monoisotopic (exact) mass is 309 g/mol. The van der Waals surface area contributed by atoms with Crippen LogP contribution >= 0.6 is 0 Å². The molecule has 0 spiro atoms. The fourth-order valence-electron chi connectivity index (χ4n) is 2.51. The van der Waals surface area contributed by atoms with Gasteiger partial charge in [0.2, 0.25) is 0 Å². The maximum absolute atomic E-state index is 12.5. The smallest absolute Gasteiger partial charge is 0.255 e.